The molecule has 1 amide bonds. The van der Waals surface area contributed by atoms with Crippen molar-refractivity contribution in [2.24, 2.45) is 0 Å². The van der Waals surface area contributed by atoms with Gasteiger partial charge in [0.15, 0.2) is 0 Å². The Hall–Kier alpha value is -1.91. The van der Waals surface area contributed by atoms with Crippen molar-refractivity contribution < 1.29 is 9.53 Å². The van der Waals surface area contributed by atoms with Crippen molar-refractivity contribution in [1.82, 2.24) is 4.90 Å². The maximum Gasteiger partial charge on any atom is 0.247 e. The van der Waals surface area contributed by atoms with Crippen LogP contribution in [-0.4, -0.2) is 30.1 Å². The van der Waals surface area contributed by atoms with E-state index in [1.54, 1.807) is 17.4 Å². The van der Waals surface area contributed by atoms with E-state index < -0.39 is 0 Å². The fourth-order valence-corrected chi connectivity index (χ4v) is 3.48. The number of hydrogen-bond acceptors (Lipinski definition) is 3. The first-order valence-corrected chi connectivity index (χ1v) is 8.85. The smallest absolute Gasteiger partial charge is 0.247 e. The lowest BCUT2D eigenvalue weighted by atomic mass is 10.1. The zero-order chi connectivity index (χ0) is 15.9. The highest BCUT2D eigenvalue weighted by Crippen LogP contribution is 2.20. The van der Waals surface area contributed by atoms with Gasteiger partial charge >= 0.3 is 0 Å². The van der Waals surface area contributed by atoms with E-state index in [4.69, 9.17) is 4.74 Å². The molecule has 0 bridgehead atoms. The molecule has 4 heteroatoms. The van der Waals surface area contributed by atoms with Crippen LogP contribution in [0.1, 0.15) is 23.3 Å². The minimum absolute atomic E-state index is 0.0779. The minimum Gasteiger partial charge on any atom is -0.381 e. The third-order valence-electron chi connectivity index (χ3n) is 4.04. The van der Waals surface area contributed by atoms with Crippen molar-refractivity contribution in [3.8, 4) is 0 Å². The predicted molar refractivity (Wildman–Crippen MR) is 94.2 cm³/mol. The summed E-state index contributed by atoms with van der Waals surface area (Å²) in [4.78, 5) is 16.0. The molecule has 2 aromatic rings. The predicted octanol–water partition coefficient (Wildman–Crippen LogP) is 3.97. The molecule has 0 unspecified atom stereocenters. The second-order valence-corrected chi connectivity index (χ2v) is 6.67. The first-order chi connectivity index (χ1) is 11.3. The van der Waals surface area contributed by atoms with Crippen LogP contribution in [0.2, 0.25) is 0 Å². The molecule has 23 heavy (non-hydrogen) atoms. The average molecular weight is 327 g/mol. The van der Waals surface area contributed by atoms with Gasteiger partial charge in [-0.3, -0.25) is 4.79 Å². The molecule has 1 saturated heterocycles. The van der Waals surface area contributed by atoms with Crippen LogP contribution in [0.25, 0.3) is 6.08 Å². The SMILES string of the molecule is O=C(/C=C/c1ccccc1)N(Cc1cccs1)C1CCOCC1. The molecule has 3 nitrogen and oxygen atoms in total. The topological polar surface area (TPSA) is 29.5 Å². The van der Waals surface area contributed by atoms with E-state index in [9.17, 15) is 4.79 Å². The Morgan fingerprint density at radius 1 is 1.17 bits per heavy atom. The lowest BCUT2D eigenvalue weighted by Crippen LogP contribution is -2.42. The Morgan fingerprint density at radius 3 is 2.65 bits per heavy atom. The normalized spacial score (nSPS) is 15.8. The zero-order valence-corrected chi connectivity index (χ0v) is 13.9. The largest absolute Gasteiger partial charge is 0.381 e. The van der Waals surface area contributed by atoms with Crippen LogP contribution in [0.5, 0.6) is 0 Å². The van der Waals surface area contributed by atoms with Crippen LogP contribution in [0.3, 0.4) is 0 Å². The van der Waals surface area contributed by atoms with E-state index >= 15 is 0 Å². The number of nitrogens with zero attached hydrogens (tertiary/aromatic N) is 1. The van der Waals surface area contributed by atoms with Crippen molar-refractivity contribution in [2.75, 3.05) is 13.2 Å². The molecule has 1 aromatic carbocycles. The number of benzene rings is 1. The Bertz CT molecular complexity index is 631. The van der Waals surface area contributed by atoms with Crippen LogP contribution in [0.4, 0.5) is 0 Å². The standard InChI is InChI=1S/C19H21NO2S/c21-19(9-8-16-5-2-1-3-6-16)20(15-18-7-4-14-23-18)17-10-12-22-13-11-17/h1-9,14,17H,10-13,15H2/b9-8+. The van der Waals surface area contributed by atoms with Gasteiger partial charge in [-0.2, -0.15) is 0 Å². The highest BCUT2D eigenvalue weighted by atomic mass is 32.1. The Kier molecular flexibility index (Phi) is 5.61. The maximum atomic E-state index is 12.7. The molecule has 0 radical (unpaired) electrons. The van der Waals surface area contributed by atoms with Gasteiger partial charge in [-0.15, -0.1) is 11.3 Å². The first kappa shape index (κ1) is 16.0. The second-order valence-electron chi connectivity index (χ2n) is 5.63. The Balaban J connectivity index is 1.73. The molecule has 1 fully saturated rings. The van der Waals surface area contributed by atoms with Gasteiger partial charge in [0, 0.05) is 30.2 Å². The number of carbonyl (C=O) groups excluding carboxylic acids is 1. The Morgan fingerprint density at radius 2 is 1.96 bits per heavy atom. The third-order valence-corrected chi connectivity index (χ3v) is 4.90. The molecule has 120 valence electrons. The van der Waals surface area contributed by atoms with Crippen LogP contribution < -0.4 is 0 Å². The second kappa shape index (κ2) is 8.09. The highest BCUT2D eigenvalue weighted by Gasteiger charge is 2.24. The summed E-state index contributed by atoms with van der Waals surface area (Å²) in [5.41, 5.74) is 1.05. The number of amides is 1. The third kappa shape index (κ3) is 4.53. The van der Waals surface area contributed by atoms with Crippen LogP contribution >= 0.6 is 11.3 Å². The van der Waals surface area contributed by atoms with Gasteiger partial charge in [0.05, 0.1) is 6.54 Å². The fourth-order valence-electron chi connectivity index (χ4n) is 2.78. The van der Waals surface area contributed by atoms with E-state index in [0.717, 1.165) is 31.6 Å². The number of rotatable bonds is 5. The molecule has 2 heterocycles. The summed E-state index contributed by atoms with van der Waals surface area (Å²) >= 11 is 1.70. The quantitative estimate of drug-likeness (QED) is 0.778. The number of thiophene rings is 1. The van der Waals surface area contributed by atoms with Crippen molar-refractivity contribution in [1.29, 1.82) is 0 Å². The monoisotopic (exact) mass is 327 g/mol. The Labute approximate surface area is 141 Å². The van der Waals surface area contributed by atoms with Crippen LogP contribution in [-0.2, 0) is 16.1 Å². The summed E-state index contributed by atoms with van der Waals surface area (Å²) in [5, 5.41) is 2.06. The summed E-state index contributed by atoms with van der Waals surface area (Å²) in [6.45, 7) is 2.16. The first-order valence-electron chi connectivity index (χ1n) is 7.97. The number of ether oxygens (including phenoxy) is 1. The molecule has 0 atom stereocenters. The molecule has 0 aliphatic carbocycles. The molecule has 0 spiro atoms. The van der Waals surface area contributed by atoms with Gasteiger partial charge in [0.2, 0.25) is 5.91 Å². The minimum atomic E-state index is 0.0779. The van der Waals surface area contributed by atoms with Gasteiger partial charge < -0.3 is 9.64 Å². The van der Waals surface area contributed by atoms with E-state index in [1.165, 1.54) is 4.88 Å². The molecule has 3 rings (SSSR count). The van der Waals surface area contributed by atoms with Gasteiger partial charge in [-0.05, 0) is 35.9 Å². The van der Waals surface area contributed by atoms with E-state index in [2.05, 4.69) is 11.4 Å². The summed E-state index contributed by atoms with van der Waals surface area (Å²) in [7, 11) is 0. The highest BCUT2D eigenvalue weighted by molar-refractivity contribution is 7.09. The number of hydrogen-bond donors (Lipinski definition) is 0. The van der Waals surface area contributed by atoms with Crippen LogP contribution in [0, 0.1) is 0 Å². The molecule has 1 aliphatic rings. The summed E-state index contributed by atoms with van der Waals surface area (Å²) in [6.07, 6.45) is 5.41. The summed E-state index contributed by atoms with van der Waals surface area (Å²) in [6, 6.07) is 14.3. The van der Waals surface area contributed by atoms with E-state index in [-0.39, 0.29) is 11.9 Å². The van der Waals surface area contributed by atoms with Gasteiger partial charge in [0.1, 0.15) is 0 Å². The van der Waals surface area contributed by atoms with Gasteiger partial charge in [-0.1, -0.05) is 36.4 Å². The zero-order valence-electron chi connectivity index (χ0n) is 13.1. The van der Waals surface area contributed by atoms with E-state index in [0.29, 0.717) is 6.54 Å². The summed E-state index contributed by atoms with van der Waals surface area (Å²) in [5.74, 6) is 0.0779. The van der Waals surface area contributed by atoms with E-state index in [1.807, 2.05) is 47.4 Å². The van der Waals surface area contributed by atoms with Gasteiger partial charge in [0.25, 0.3) is 0 Å². The van der Waals surface area contributed by atoms with Crippen LogP contribution in [0.15, 0.2) is 53.9 Å². The van der Waals surface area contributed by atoms with Gasteiger partial charge in [-0.25, -0.2) is 0 Å². The van der Waals surface area contributed by atoms with Crippen molar-refractivity contribution in [2.45, 2.75) is 25.4 Å². The number of carbonyl (C=O) groups is 1. The van der Waals surface area contributed by atoms with Crippen molar-refractivity contribution in [3.05, 3.63) is 64.4 Å². The summed E-state index contributed by atoms with van der Waals surface area (Å²) < 4.78 is 5.44. The molecule has 0 saturated carbocycles. The average Bonchev–Trinajstić information content (AvgIpc) is 3.12. The molecule has 1 aliphatic heterocycles. The van der Waals surface area contributed by atoms with Crippen molar-refractivity contribution in [3.63, 3.8) is 0 Å². The molecule has 0 N–H and O–H groups in total. The molecular weight excluding hydrogens is 306 g/mol. The van der Waals surface area contributed by atoms with Crippen molar-refractivity contribution >= 4 is 23.3 Å². The fraction of sp³-hybridized carbons (Fsp3) is 0.316. The molecule has 1 aromatic heterocycles. The lowest BCUT2D eigenvalue weighted by Gasteiger charge is -2.33. The lowest BCUT2D eigenvalue weighted by molar-refractivity contribution is -0.130. The molecular formula is C19H21NO2S. The maximum absolute atomic E-state index is 12.7.